The average Bonchev–Trinajstić information content (AvgIpc) is 1.74. The number of fused-ring (bicyclic) bond motifs is 1. The third kappa shape index (κ3) is 0.715. The molecule has 0 radical (unpaired) electrons. The first-order valence-electron chi connectivity index (χ1n) is 3.72. The van der Waals surface area contributed by atoms with Gasteiger partial charge in [0, 0.05) is 0 Å². The molecule has 1 fully saturated rings. The molecule has 0 aromatic rings. The van der Waals surface area contributed by atoms with Gasteiger partial charge in [0.1, 0.15) is 0 Å². The molecule has 1 unspecified atom stereocenters. The van der Waals surface area contributed by atoms with Crippen molar-refractivity contribution in [3.05, 3.63) is 12.2 Å². The maximum atomic E-state index is 9.31. The zero-order valence-electron chi connectivity index (χ0n) is 5.46. The molecule has 1 nitrogen and oxygen atoms in total. The Hall–Kier alpha value is -0.300. The largest absolute Gasteiger partial charge is 0.389 e. The van der Waals surface area contributed by atoms with E-state index in [0.29, 0.717) is 5.92 Å². The van der Waals surface area contributed by atoms with E-state index >= 15 is 0 Å². The molecule has 1 saturated carbocycles. The van der Waals surface area contributed by atoms with Crippen LogP contribution in [0.15, 0.2) is 12.2 Å². The minimum absolute atomic E-state index is 0.113. The fourth-order valence-electron chi connectivity index (χ4n) is 1.87. The van der Waals surface area contributed by atoms with Crippen LogP contribution in [0.1, 0.15) is 19.3 Å². The topological polar surface area (TPSA) is 20.2 Å². The number of hydrogen-bond acceptors (Lipinski definition) is 1. The van der Waals surface area contributed by atoms with E-state index in [1.807, 2.05) is 6.08 Å². The Bertz CT molecular complexity index is 140. The second kappa shape index (κ2) is 1.84. The highest BCUT2D eigenvalue weighted by Crippen LogP contribution is 2.42. The lowest BCUT2D eigenvalue weighted by Crippen LogP contribution is -2.36. The third-order valence-corrected chi connectivity index (χ3v) is 2.69. The standard InChI is InChI=1S/C8H12O/c9-8-3-1-2-6-4-5-7(6)8/h1,3,6-9H,2,4-5H2/t6-,7-,8?/m0/s1. The van der Waals surface area contributed by atoms with E-state index < -0.39 is 0 Å². The van der Waals surface area contributed by atoms with Crippen molar-refractivity contribution in [2.75, 3.05) is 0 Å². The fourth-order valence-corrected chi connectivity index (χ4v) is 1.87. The van der Waals surface area contributed by atoms with Crippen LogP contribution in [-0.2, 0) is 0 Å². The molecule has 0 aromatic heterocycles. The van der Waals surface area contributed by atoms with Gasteiger partial charge in [-0.3, -0.25) is 0 Å². The molecule has 1 N–H and O–H groups in total. The van der Waals surface area contributed by atoms with Crippen LogP contribution < -0.4 is 0 Å². The molecule has 0 aromatic carbocycles. The minimum Gasteiger partial charge on any atom is -0.389 e. The summed E-state index contributed by atoms with van der Waals surface area (Å²) < 4.78 is 0. The van der Waals surface area contributed by atoms with Gasteiger partial charge in [0.2, 0.25) is 0 Å². The van der Waals surface area contributed by atoms with Gasteiger partial charge in [-0.2, -0.15) is 0 Å². The highest BCUT2D eigenvalue weighted by atomic mass is 16.3. The molecule has 1 heteroatoms. The van der Waals surface area contributed by atoms with Crippen LogP contribution in [0.5, 0.6) is 0 Å². The van der Waals surface area contributed by atoms with Crippen molar-refractivity contribution in [3.63, 3.8) is 0 Å². The summed E-state index contributed by atoms with van der Waals surface area (Å²) in [5.74, 6) is 1.44. The molecular formula is C8H12O. The minimum atomic E-state index is -0.113. The molecule has 2 rings (SSSR count). The maximum absolute atomic E-state index is 9.31. The summed E-state index contributed by atoms with van der Waals surface area (Å²) in [5, 5.41) is 9.31. The molecular weight excluding hydrogens is 112 g/mol. The van der Waals surface area contributed by atoms with Crippen molar-refractivity contribution in [3.8, 4) is 0 Å². The Kier molecular flexibility index (Phi) is 1.12. The van der Waals surface area contributed by atoms with Crippen LogP contribution in [0.25, 0.3) is 0 Å². The summed E-state index contributed by atoms with van der Waals surface area (Å²) in [6.07, 6.45) is 7.74. The Morgan fingerprint density at radius 2 is 2.22 bits per heavy atom. The number of hydrogen-bond donors (Lipinski definition) is 1. The van der Waals surface area contributed by atoms with E-state index in [-0.39, 0.29) is 6.10 Å². The molecule has 9 heavy (non-hydrogen) atoms. The van der Waals surface area contributed by atoms with Crippen molar-refractivity contribution in [1.29, 1.82) is 0 Å². The lowest BCUT2D eigenvalue weighted by molar-refractivity contribution is 0.0358. The second-order valence-corrected chi connectivity index (χ2v) is 3.16. The van der Waals surface area contributed by atoms with Crippen LogP contribution in [-0.4, -0.2) is 11.2 Å². The van der Waals surface area contributed by atoms with E-state index in [0.717, 1.165) is 5.92 Å². The second-order valence-electron chi connectivity index (χ2n) is 3.16. The monoisotopic (exact) mass is 124 g/mol. The quantitative estimate of drug-likeness (QED) is 0.483. The molecule has 0 amide bonds. The van der Waals surface area contributed by atoms with E-state index in [2.05, 4.69) is 6.08 Å². The van der Waals surface area contributed by atoms with Crippen molar-refractivity contribution in [2.45, 2.75) is 25.4 Å². The Labute approximate surface area is 55.4 Å². The summed E-state index contributed by atoms with van der Waals surface area (Å²) in [6, 6.07) is 0. The normalized spacial score (nSPS) is 47.9. The van der Waals surface area contributed by atoms with Gasteiger partial charge in [-0.1, -0.05) is 12.2 Å². The van der Waals surface area contributed by atoms with Crippen LogP contribution in [0.4, 0.5) is 0 Å². The van der Waals surface area contributed by atoms with Crippen LogP contribution >= 0.6 is 0 Å². The number of aliphatic hydroxyl groups excluding tert-OH is 1. The Morgan fingerprint density at radius 3 is 2.67 bits per heavy atom. The predicted molar refractivity (Wildman–Crippen MR) is 36.0 cm³/mol. The molecule has 3 atom stereocenters. The van der Waals surface area contributed by atoms with Gasteiger partial charge in [0.05, 0.1) is 6.10 Å². The van der Waals surface area contributed by atoms with Crippen LogP contribution in [0.2, 0.25) is 0 Å². The predicted octanol–water partition coefficient (Wildman–Crippen LogP) is 1.33. The van der Waals surface area contributed by atoms with Crippen molar-refractivity contribution in [2.24, 2.45) is 11.8 Å². The molecule has 0 saturated heterocycles. The molecule has 0 bridgehead atoms. The summed E-state index contributed by atoms with van der Waals surface area (Å²) in [5.41, 5.74) is 0. The average molecular weight is 124 g/mol. The van der Waals surface area contributed by atoms with Crippen LogP contribution in [0, 0.1) is 11.8 Å². The van der Waals surface area contributed by atoms with Gasteiger partial charge in [-0.15, -0.1) is 0 Å². The Morgan fingerprint density at radius 1 is 1.33 bits per heavy atom. The molecule has 2 aliphatic carbocycles. The zero-order valence-corrected chi connectivity index (χ0v) is 5.46. The number of allylic oxidation sites excluding steroid dienone is 1. The van der Waals surface area contributed by atoms with E-state index in [4.69, 9.17) is 0 Å². The van der Waals surface area contributed by atoms with Crippen molar-refractivity contribution in [1.82, 2.24) is 0 Å². The molecule has 0 spiro atoms. The summed E-state index contributed by atoms with van der Waals surface area (Å²) in [4.78, 5) is 0. The van der Waals surface area contributed by atoms with Crippen molar-refractivity contribution < 1.29 is 5.11 Å². The first-order valence-corrected chi connectivity index (χ1v) is 3.72. The highest BCUT2D eigenvalue weighted by molar-refractivity contribution is 5.04. The van der Waals surface area contributed by atoms with Gasteiger partial charge >= 0.3 is 0 Å². The lowest BCUT2D eigenvalue weighted by Gasteiger charge is -2.40. The third-order valence-electron chi connectivity index (χ3n) is 2.69. The van der Waals surface area contributed by atoms with Gasteiger partial charge < -0.3 is 5.11 Å². The number of rotatable bonds is 0. The summed E-state index contributed by atoms with van der Waals surface area (Å²) >= 11 is 0. The smallest absolute Gasteiger partial charge is 0.0751 e. The summed E-state index contributed by atoms with van der Waals surface area (Å²) in [6.45, 7) is 0. The van der Waals surface area contributed by atoms with Gasteiger partial charge in [0.15, 0.2) is 0 Å². The SMILES string of the molecule is OC1C=CC[C@H]2CC[C@H]12. The highest BCUT2D eigenvalue weighted by Gasteiger charge is 2.36. The van der Waals surface area contributed by atoms with E-state index in [1.165, 1.54) is 19.3 Å². The van der Waals surface area contributed by atoms with Gasteiger partial charge in [0.25, 0.3) is 0 Å². The van der Waals surface area contributed by atoms with E-state index in [9.17, 15) is 5.11 Å². The number of aliphatic hydroxyl groups is 1. The zero-order chi connectivity index (χ0) is 6.27. The van der Waals surface area contributed by atoms with Crippen molar-refractivity contribution >= 4 is 0 Å². The lowest BCUT2D eigenvalue weighted by atomic mass is 9.67. The first kappa shape index (κ1) is 5.48. The summed E-state index contributed by atoms with van der Waals surface area (Å²) in [7, 11) is 0. The molecule has 0 aliphatic heterocycles. The molecule has 50 valence electrons. The van der Waals surface area contributed by atoms with E-state index in [1.54, 1.807) is 0 Å². The first-order chi connectivity index (χ1) is 4.38. The molecule has 2 aliphatic rings. The van der Waals surface area contributed by atoms with Gasteiger partial charge in [-0.05, 0) is 31.1 Å². The van der Waals surface area contributed by atoms with Gasteiger partial charge in [-0.25, -0.2) is 0 Å². The molecule has 0 heterocycles. The van der Waals surface area contributed by atoms with Crippen LogP contribution in [0.3, 0.4) is 0 Å². The fraction of sp³-hybridized carbons (Fsp3) is 0.750. The Balaban J connectivity index is 2.11. The maximum Gasteiger partial charge on any atom is 0.0751 e.